The van der Waals surface area contributed by atoms with E-state index in [0.717, 1.165) is 12.0 Å². The predicted molar refractivity (Wildman–Crippen MR) is 90.0 cm³/mol. The quantitative estimate of drug-likeness (QED) is 0.359. The van der Waals surface area contributed by atoms with Crippen molar-refractivity contribution in [2.45, 2.75) is 50.9 Å². The molecule has 1 saturated heterocycles. The minimum atomic E-state index is -0.710. The maximum Gasteiger partial charge on any atom is 0.331 e. The molecule has 0 bridgehead atoms. The molecule has 1 N–H and O–H groups in total. The second kappa shape index (κ2) is 6.59. The molecule has 2 atom stereocenters. The number of benzene rings is 1. The van der Waals surface area contributed by atoms with Crippen molar-refractivity contribution in [2.75, 3.05) is 0 Å². The average Bonchev–Trinajstić information content (AvgIpc) is 3.12. The molecule has 0 radical (unpaired) electrons. The highest BCUT2D eigenvalue weighted by Gasteiger charge is 2.48. The smallest absolute Gasteiger partial charge is 0.331 e. The first-order valence-electron chi connectivity index (χ1n) is 7.76. The van der Waals surface area contributed by atoms with E-state index < -0.39 is 11.6 Å². The van der Waals surface area contributed by atoms with Crippen LogP contribution in [0.2, 0.25) is 0 Å². The summed E-state index contributed by atoms with van der Waals surface area (Å²) in [4.78, 5) is 12.0. The van der Waals surface area contributed by atoms with E-state index in [1.54, 1.807) is 36.4 Å². The first kappa shape index (κ1) is 17.3. The van der Waals surface area contributed by atoms with Gasteiger partial charge >= 0.3 is 5.97 Å². The van der Waals surface area contributed by atoms with E-state index in [-0.39, 0.29) is 17.5 Å². The van der Waals surface area contributed by atoms with Crippen LogP contribution in [0, 0.1) is 0 Å². The summed E-state index contributed by atoms with van der Waals surface area (Å²) in [6, 6.07) is 6.57. The summed E-state index contributed by atoms with van der Waals surface area (Å²) in [5.41, 5.74) is 0.0386. The number of esters is 1. The molecule has 1 fully saturated rings. The lowest BCUT2D eigenvalue weighted by Gasteiger charge is -2.25. The van der Waals surface area contributed by atoms with Gasteiger partial charge in [0.2, 0.25) is 0 Å². The Morgan fingerprint density at radius 1 is 1.43 bits per heavy atom. The Labute approximate surface area is 137 Å². The van der Waals surface area contributed by atoms with E-state index in [4.69, 9.17) is 9.47 Å². The van der Waals surface area contributed by atoms with Crippen molar-refractivity contribution < 1.29 is 19.4 Å². The molecule has 0 spiro atoms. The Morgan fingerprint density at radius 2 is 2.04 bits per heavy atom. The van der Waals surface area contributed by atoms with Gasteiger partial charge in [0.25, 0.3) is 0 Å². The number of epoxide rings is 1. The maximum atomic E-state index is 12.0. The molecular weight excluding hydrogens is 292 g/mol. The molecular formula is C19H24O4. The number of hydrogen-bond acceptors (Lipinski definition) is 4. The number of carbonyl (C=O) groups excluding carboxylic acids is 1. The molecule has 0 aliphatic carbocycles. The lowest BCUT2D eigenvalue weighted by Crippen LogP contribution is -2.29. The summed E-state index contributed by atoms with van der Waals surface area (Å²) >= 11 is 0. The molecule has 0 saturated carbocycles. The zero-order valence-corrected chi connectivity index (χ0v) is 13.9. The van der Waals surface area contributed by atoms with E-state index in [0.29, 0.717) is 6.42 Å². The van der Waals surface area contributed by atoms with E-state index in [9.17, 15) is 9.90 Å². The highest BCUT2D eigenvalue weighted by Crippen LogP contribution is 2.40. The van der Waals surface area contributed by atoms with Crippen LogP contribution in [0.5, 0.6) is 5.75 Å². The standard InChI is InChI=1S/C19H24O4/c1-5-19(4,13-12-16-18(2,3)22-16)23-17(21)11-8-14-6-9-15(20)10-7-14/h5-11,16,20H,1,12-13H2,2-4H3/b11-8+/t16-,19+/m1/s1. The first-order valence-corrected chi connectivity index (χ1v) is 7.76. The predicted octanol–water partition coefficient (Wildman–Crippen LogP) is 3.85. The molecule has 2 rings (SSSR count). The Hall–Kier alpha value is -2.07. The van der Waals surface area contributed by atoms with E-state index in [1.165, 1.54) is 6.08 Å². The van der Waals surface area contributed by atoms with Crippen LogP contribution in [-0.4, -0.2) is 28.4 Å². The van der Waals surface area contributed by atoms with Crippen molar-refractivity contribution in [3.05, 3.63) is 48.6 Å². The van der Waals surface area contributed by atoms with Gasteiger partial charge in [0.15, 0.2) is 0 Å². The zero-order valence-electron chi connectivity index (χ0n) is 13.9. The van der Waals surface area contributed by atoms with E-state index >= 15 is 0 Å². The highest BCUT2D eigenvalue weighted by molar-refractivity contribution is 5.87. The van der Waals surface area contributed by atoms with Crippen LogP contribution in [0.4, 0.5) is 0 Å². The van der Waals surface area contributed by atoms with Crippen LogP contribution in [-0.2, 0) is 14.3 Å². The first-order chi connectivity index (χ1) is 10.7. The lowest BCUT2D eigenvalue weighted by atomic mass is 9.96. The van der Waals surface area contributed by atoms with Crippen LogP contribution in [0.3, 0.4) is 0 Å². The zero-order chi connectivity index (χ0) is 17.1. The van der Waals surface area contributed by atoms with Gasteiger partial charge in [-0.3, -0.25) is 0 Å². The van der Waals surface area contributed by atoms with Crippen molar-refractivity contribution in [3.8, 4) is 5.75 Å². The number of rotatable bonds is 7. The molecule has 1 aliphatic rings. The molecule has 1 aromatic carbocycles. The third kappa shape index (κ3) is 4.96. The molecule has 1 aliphatic heterocycles. The summed E-state index contributed by atoms with van der Waals surface area (Å²) in [6.45, 7) is 9.73. The number of carbonyl (C=O) groups is 1. The second-order valence-electron chi connectivity index (χ2n) is 6.61. The largest absolute Gasteiger partial charge is 0.508 e. The van der Waals surface area contributed by atoms with E-state index in [2.05, 4.69) is 20.4 Å². The maximum absolute atomic E-state index is 12.0. The van der Waals surface area contributed by atoms with Gasteiger partial charge in [-0.15, -0.1) is 0 Å². The number of aromatic hydroxyl groups is 1. The molecule has 0 unspecified atom stereocenters. The number of phenolic OH excluding ortho intramolecular Hbond substituents is 1. The minimum absolute atomic E-state index is 0.0646. The van der Waals surface area contributed by atoms with Crippen LogP contribution in [0.25, 0.3) is 6.08 Å². The summed E-state index contributed by atoms with van der Waals surface area (Å²) < 4.78 is 11.1. The molecule has 124 valence electrons. The Kier molecular flexibility index (Phi) is 4.95. The Morgan fingerprint density at radius 3 is 2.57 bits per heavy atom. The Bertz CT molecular complexity index is 600. The second-order valence-corrected chi connectivity index (χ2v) is 6.61. The third-order valence-corrected chi connectivity index (χ3v) is 4.14. The number of hydrogen-bond donors (Lipinski definition) is 1. The fraction of sp³-hybridized carbons (Fsp3) is 0.421. The van der Waals surface area contributed by atoms with Crippen molar-refractivity contribution in [1.29, 1.82) is 0 Å². The number of ether oxygens (including phenoxy) is 2. The normalized spacial score (nSPS) is 21.6. The summed E-state index contributed by atoms with van der Waals surface area (Å²) in [6.07, 6.45) is 6.40. The van der Waals surface area contributed by atoms with Crippen molar-refractivity contribution in [1.82, 2.24) is 0 Å². The molecule has 1 aromatic rings. The van der Waals surface area contributed by atoms with Gasteiger partial charge in [-0.05, 0) is 63.5 Å². The summed E-state index contributed by atoms with van der Waals surface area (Å²) in [7, 11) is 0. The van der Waals surface area contributed by atoms with Crippen LogP contribution in [0.1, 0.15) is 39.2 Å². The van der Waals surface area contributed by atoms with Crippen LogP contribution in [0.15, 0.2) is 43.0 Å². The fourth-order valence-corrected chi connectivity index (χ4v) is 2.37. The minimum Gasteiger partial charge on any atom is -0.508 e. The van der Waals surface area contributed by atoms with Gasteiger partial charge in [-0.2, -0.15) is 0 Å². The van der Waals surface area contributed by atoms with Crippen LogP contribution >= 0.6 is 0 Å². The summed E-state index contributed by atoms with van der Waals surface area (Å²) in [5, 5.41) is 9.23. The van der Waals surface area contributed by atoms with Crippen molar-refractivity contribution in [2.24, 2.45) is 0 Å². The SMILES string of the molecule is C=C[C@@](C)(CC[C@H]1OC1(C)C)OC(=O)/C=C/c1ccc(O)cc1. The van der Waals surface area contributed by atoms with Crippen molar-refractivity contribution in [3.63, 3.8) is 0 Å². The molecule has 23 heavy (non-hydrogen) atoms. The topological polar surface area (TPSA) is 59.1 Å². The fourth-order valence-electron chi connectivity index (χ4n) is 2.37. The monoisotopic (exact) mass is 316 g/mol. The van der Waals surface area contributed by atoms with Gasteiger partial charge in [-0.25, -0.2) is 4.79 Å². The summed E-state index contributed by atoms with van der Waals surface area (Å²) in [5.74, 6) is -0.231. The highest BCUT2D eigenvalue weighted by atomic mass is 16.6. The third-order valence-electron chi connectivity index (χ3n) is 4.14. The van der Waals surface area contributed by atoms with Gasteiger partial charge in [0.1, 0.15) is 11.4 Å². The molecule has 0 aromatic heterocycles. The van der Waals surface area contributed by atoms with Gasteiger partial charge in [0.05, 0.1) is 11.7 Å². The molecule has 4 nitrogen and oxygen atoms in total. The van der Waals surface area contributed by atoms with E-state index in [1.807, 2.05) is 6.92 Å². The van der Waals surface area contributed by atoms with Gasteiger partial charge in [-0.1, -0.05) is 18.7 Å². The van der Waals surface area contributed by atoms with Crippen molar-refractivity contribution >= 4 is 12.0 Å². The molecule has 0 amide bonds. The Balaban J connectivity index is 1.88. The number of phenols is 1. The van der Waals surface area contributed by atoms with Gasteiger partial charge in [0, 0.05) is 6.08 Å². The average molecular weight is 316 g/mol. The lowest BCUT2D eigenvalue weighted by molar-refractivity contribution is -0.148. The molecule has 4 heteroatoms. The van der Waals surface area contributed by atoms with Crippen LogP contribution < -0.4 is 0 Å². The molecule has 1 heterocycles. The van der Waals surface area contributed by atoms with Gasteiger partial charge < -0.3 is 14.6 Å².